The Kier molecular flexibility index (Phi) is 21.0. The summed E-state index contributed by atoms with van der Waals surface area (Å²) in [5.74, 6) is -0.0393. The minimum atomic E-state index is -3.96. The molecule has 1 unspecified atom stereocenters. The number of nitrogens with one attached hydrogen (secondary N) is 2. The van der Waals surface area contributed by atoms with Gasteiger partial charge in [-0.25, -0.2) is 32.6 Å². The van der Waals surface area contributed by atoms with Gasteiger partial charge in [-0.05, 0) is 61.4 Å². The zero-order valence-electron chi connectivity index (χ0n) is 38.3. The van der Waals surface area contributed by atoms with Gasteiger partial charge >= 0.3 is 0 Å². The second-order valence-corrected chi connectivity index (χ2v) is 20.9. The second-order valence-electron chi connectivity index (χ2n) is 16.5. The Morgan fingerprint density at radius 3 is 1.42 bits per heavy atom. The quantitative estimate of drug-likeness (QED) is 0.110. The summed E-state index contributed by atoms with van der Waals surface area (Å²) < 4.78 is 91.1. The predicted octanol–water partition coefficient (Wildman–Crippen LogP) is 1.93. The standard InChI is InChI=1S/C24H37N3O8S.C19H29N3O7S.ClH/c1-31-18-19-33-21-7-5-20(6-8-21)26-11-13-27(14-12-26)36(29,30)24(9-16-32-17-10-24)23(28)25-35-22-4-2-3-15-34-22;1-27-14-15-29-17-4-2-16(3-5-17)21-8-10-22(11-9-21)30(25,26)19(18(23)20-24)6-12-28-13-7-19;/h5-8,22H,2-4,9-19H2,1H3,(H,25,28);2-5,24H,6-15H2,1H3,(H,20,23);1H. The molecule has 5 aliphatic heterocycles. The van der Waals surface area contributed by atoms with Crippen LogP contribution in [0, 0.1) is 0 Å². The van der Waals surface area contributed by atoms with Crippen LogP contribution < -0.4 is 30.2 Å². The molecule has 5 fully saturated rings. The van der Waals surface area contributed by atoms with Gasteiger partial charge in [0, 0.05) is 143 Å². The van der Waals surface area contributed by atoms with E-state index in [2.05, 4.69) is 15.3 Å². The molecule has 3 N–H and O–H groups in total. The first-order valence-corrected chi connectivity index (χ1v) is 25.4. The molecule has 0 radical (unpaired) electrons. The fourth-order valence-corrected chi connectivity index (χ4v) is 12.8. The molecule has 24 heteroatoms. The van der Waals surface area contributed by atoms with E-state index >= 15 is 0 Å². The summed E-state index contributed by atoms with van der Waals surface area (Å²) >= 11 is 0. The van der Waals surface area contributed by atoms with E-state index in [9.17, 15) is 26.4 Å². The molecular formula is C43H67ClN6O15S2. The first-order chi connectivity index (χ1) is 31.9. The highest BCUT2D eigenvalue weighted by Crippen LogP contribution is 2.36. The molecule has 5 aliphatic rings. The molecule has 2 aromatic carbocycles. The number of methoxy groups -OCH3 is 2. The molecule has 378 valence electrons. The van der Waals surface area contributed by atoms with Crippen molar-refractivity contribution in [3.63, 3.8) is 0 Å². The van der Waals surface area contributed by atoms with Gasteiger partial charge < -0.3 is 43.0 Å². The number of ether oxygens (including phenoxy) is 7. The molecule has 0 bridgehead atoms. The third-order valence-corrected chi connectivity index (χ3v) is 17.9. The van der Waals surface area contributed by atoms with Gasteiger partial charge in [-0.2, -0.15) is 8.61 Å². The largest absolute Gasteiger partial charge is 0.491 e. The van der Waals surface area contributed by atoms with Gasteiger partial charge in [0.2, 0.25) is 20.0 Å². The summed E-state index contributed by atoms with van der Waals surface area (Å²) in [4.78, 5) is 35.3. The van der Waals surface area contributed by atoms with E-state index in [4.69, 9.17) is 43.2 Å². The van der Waals surface area contributed by atoms with Crippen LogP contribution in [0.2, 0.25) is 0 Å². The van der Waals surface area contributed by atoms with Gasteiger partial charge in [-0.1, -0.05) is 0 Å². The van der Waals surface area contributed by atoms with Crippen LogP contribution in [0.1, 0.15) is 44.9 Å². The number of sulfonamides is 2. The lowest BCUT2D eigenvalue weighted by atomic mass is 9.98. The fourth-order valence-electron chi connectivity index (χ4n) is 8.58. The number of piperazine rings is 2. The van der Waals surface area contributed by atoms with E-state index in [1.165, 1.54) is 8.61 Å². The maximum atomic E-state index is 13.8. The highest BCUT2D eigenvalue weighted by atomic mass is 35.5. The number of halogens is 1. The first kappa shape index (κ1) is 54.4. The maximum absolute atomic E-state index is 13.8. The third kappa shape index (κ3) is 13.2. The van der Waals surface area contributed by atoms with Crippen molar-refractivity contribution < 1.29 is 69.6 Å². The van der Waals surface area contributed by atoms with Crippen LogP contribution in [-0.2, 0) is 58.2 Å². The molecule has 1 atom stereocenters. The van der Waals surface area contributed by atoms with Crippen LogP contribution in [0.25, 0.3) is 0 Å². The molecule has 21 nitrogen and oxygen atoms in total. The Bertz CT molecular complexity index is 2040. The first-order valence-electron chi connectivity index (χ1n) is 22.5. The molecule has 7 rings (SSSR count). The highest BCUT2D eigenvalue weighted by Gasteiger charge is 2.56. The van der Waals surface area contributed by atoms with Crippen molar-refractivity contribution in [1.29, 1.82) is 0 Å². The normalized spacial score (nSPS) is 21.4. The molecule has 5 saturated heterocycles. The SMILES string of the molecule is COCCOc1ccc(N2CCN(S(=O)(=O)C3(C(=O)NO)CCOCC3)CC2)cc1.COCCOc1ccc(N2CCN(S(=O)(=O)C3(C(=O)NOC4CCCCO4)CCOCC3)CC2)cc1.Cl. The number of carbonyl (C=O) groups excluding carboxylic acids is 2. The molecule has 0 saturated carbocycles. The van der Waals surface area contributed by atoms with Gasteiger partial charge in [0.15, 0.2) is 15.8 Å². The summed E-state index contributed by atoms with van der Waals surface area (Å²) in [5.41, 5.74) is 5.92. The van der Waals surface area contributed by atoms with E-state index in [1.54, 1.807) is 19.7 Å². The minimum Gasteiger partial charge on any atom is -0.491 e. The highest BCUT2D eigenvalue weighted by molar-refractivity contribution is 7.91. The molecule has 5 heterocycles. The van der Waals surface area contributed by atoms with E-state index in [0.29, 0.717) is 65.6 Å². The number of hydrogen-bond acceptors (Lipinski definition) is 17. The van der Waals surface area contributed by atoms with Crippen molar-refractivity contribution in [1.82, 2.24) is 19.6 Å². The van der Waals surface area contributed by atoms with Gasteiger partial charge in [-0.15, -0.1) is 12.4 Å². The fraction of sp³-hybridized carbons (Fsp3) is 0.674. The topological polar surface area (TPSA) is 234 Å². The summed E-state index contributed by atoms with van der Waals surface area (Å²) in [6.07, 6.45) is 2.20. The van der Waals surface area contributed by atoms with E-state index in [0.717, 1.165) is 35.7 Å². The number of nitrogens with zero attached hydrogens (tertiary/aromatic N) is 4. The Morgan fingerprint density at radius 1 is 0.627 bits per heavy atom. The smallest absolute Gasteiger partial charge is 0.266 e. The van der Waals surface area contributed by atoms with Gasteiger partial charge in [0.05, 0.1) is 13.2 Å². The average molecular weight is 1010 g/mol. The molecule has 2 aromatic rings. The van der Waals surface area contributed by atoms with Gasteiger partial charge in [0.25, 0.3) is 11.8 Å². The Morgan fingerprint density at radius 2 is 1.04 bits per heavy atom. The van der Waals surface area contributed by atoms with Crippen molar-refractivity contribution in [2.75, 3.05) is 136 Å². The lowest BCUT2D eigenvalue weighted by Crippen LogP contribution is -2.62. The molecule has 0 aliphatic carbocycles. The number of hydrogen-bond donors (Lipinski definition) is 3. The van der Waals surface area contributed by atoms with Crippen LogP contribution in [0.3, 0.4) is 0 Å². The monoisotopic (exact) mass is 1010 g/mol. The number of amides is 2. The summed E-state index contributed by atoms with van der Waals surface area (Å²) in [6.45, 7) is 6.38. The van der Waals surface area contributed by atoms with Crippen molar-refractivity contribution >= 4 is 55.6 Å². The van der Waals surface area contributed by atoms with Crippen LogP contribution in [0.5, 0.6) is 11.5 Å². The van der Waals surface area contributed by atoms with Crippen molar-refractivity contribution in [3.8, 4) is 11.5 Å². The van der Waals surface area contributed by atoms with Crippen molar-refractivity contribution in [3.05, 3.63) is 48.5 Å². The van der Waals surface area contributed by atoms with Crippen LogP contribution >= 0.6 is 12.4 Å². The molecular weight excluding hydrogens is 940 g/mol. The summed E-state index contributed by atoms with van der Waals surface area (Å²) in [6, 6.07) is 15.3. The Labute approximate surface area is 400 Å². The average Bonchev–Trinajstić information content (AvgIpc) is 3.37. The lowest BCUT2D eigenvalue weighted by Gasteiger charge is -2.42. The number of anilines is 2. The van der Waals surface area contributed by atoms with Crippen LogP contribution in [0.4, 0.5) is 11.4 Å². The number of rotatable bonds is 18. The third-order valence-electron chi connectivity index (χ3n) is 12.6. The molecule has 67 heavy (non-hydrogen) atoms. The van der Waals surface area contributed by atoms with E-state index in [-0.39, 0.29) is 90.7 Å². The van der Waals surface area contributed by atoms with E-state index < -0.39 is 47.6 Å². The maximum Gasteiger partial charge on any atom is 0.266 e. The van der Waals surface area contributed by atoms with Crippen molar-refractivity contribution in [2.45, 2.75) is 60.7 Å². The van der Waals surface area contributed by atoms with Crippen molar-refractivity contribution in [2.24, 2.45) is 0 Å². The zero-order chi connectivity index (χ0) is 47.0. The minimum absolute atomic E-state index is 0. The summed E-state index contributed by atoms with van der Waals surface area (Å²) in [5, 5.41) is 9.15. The Hall–Kier alpha value is -3.59. The number of carbonyl (C=O) groups is 2. The molecule has 0 spiro atoms. The van der Waals surface area contributed by atoms with E-state index in [1.807, 2.05) is 48.5 Å². The molecule has 0 aromatic heterocycles. The lowest BCUT2D eigenvalue weighted by molar-refractivity contribution is -0.202. The summed E-state index contributed by atoms with van der Waals surface area (Å²) in [7, 11) is -4.68. The number of hydroxylamine groups is 2. The number of benzene rings is 2. The Balaban J connectivity index is 0.000000251. The van der Waals surface area contributed by atoms with Gasteiger partial charge in [-0.3, -0.25) is 14.8 Å². The van der Waals surface area contributed by atoms with Gasteiger partial charge in [0.1, 0.15) is 24.7 Å². The van der Waals surface area contributed by atoms with Crippen LogP contribution in [0.15, 0.2) is 48.5 Å². The zero-order valence-corrected chi connectivity index (χ0v) is 40.8. The predicted molar refractivity (Wildman–Crippen MR) is 249 cm³/mol. The molecule has 2 amide bonds. The second kappa shape index (κ2) is 25.9. The van der Waals surface area contributed by atoms with Crippen LogP contribution in [-0.4, -0.2) is 184 Å².